The molecule has 4 rings (SSSR count). The molecule has 2 aliphatic rings. The Morgan fingerprint density at radius 3 is 2.85 bits per heavy atom. The van der Waals surface area contributed by atoms with Crippen molar-refractivity contribution in [3.8, 4) is 0 Å². The first-order valence-electron chi connectivity index (χ1n) is 9.33. The van der Waals surface area contributed by atoms with Gasteiger partial charge in [-0.25, -0.2) is 0 Å². The average molecular weight is 352 g/mol. The van der Waals surface area contributed by atoms with E-state index in [2.05, 4.69) is 10.4 Å². The summed E-state index contributed by atoms with van der Waals surface area (Å²) in [5.74, 6) is 0.00956. The van der Waals surface area contributed by atoms with Crippen LogP contribution in [-0.4, -0.2) is 28.6 Å². The number of nitrogens with one attached hydrogen (secondary N) is 1. The van der Waals surface area contributed by atoms with Crippen molar-refractivity contribution in [2.75, 3.05) is 11.9 Å². The van der Waals surface area contributed by atoms with Gasteiger partial charge < -0.3 is 10.2 Å². The molecule has 0 radical (unpaired) electrons. The van der Waals surface area contributed by atoms with E-state index >= 15 is 0 Å². The molecule has 26 heavy (non-hydrogen) atoms. The number of carbonyl (C=O) groups is 2. The first kappa shape index (κ1) is 16.8. The summed E-state index contributed by atoms with van der Waals surface area (Å²) in [6, 6.07) is 8.02. The molecule has 1 aromatic carbocycles. The van der Waals surface area contributed by atoms with Crippen LogP contribution in [-0.2, 0) is 17.8 Å². The lowest BCUT2D eigenvalue weighted by molar-refractivity contribution is -0.118. The van der Waals surface area contributed by atoms with E-state index in [0.717, 1.165) is 16.9 Å². The second kappa shape index (κ2) is 6.94. The van der Waals surface area contributed by atoms with Crippen molar-refractivity contribution in [3.63, 3.8) is 0 Å². The van der Waals surface area contributed by atoms with Gasteiger partial charge in [-0.1, -0.05) is 12.8 Å². The lowest BCUT2D eigenvalue weighted by Crippen LogP contribution is -2.31. The highest BCUT2D eigenvalue weighted by Crippen LogP contribution is 2.29. The van der Waals surface area contributed by atoms with Gasteiger partial charge in [0.15, 0.2) is 0 Å². The van der Waals surface area contributed by atoms with Crippen LogP contribution in [0.1, 0.15) is 59.8 Å². The molecule has 0 atom stereocenters. The highest BCUT2D eigenvalue weighted by atomic mass is 16.2. The minimum Gasteiger partial charge on any atom is -0.346 e. The lowest BCUT2D eigenvalue weighted by atomic mass is 9.99. The molecule has 1 saturated carbocycles. The van der Waals surface area contributed by atoms with Gasteiger partial charge in [0.1, 0.15) is 0 Å². The third-order valence-electron chi connectivity index (χ3n) is 5.48. The number of hydrogen-bond acceptors (Lipinski definition) is 3. The molecular weight excluding hydrogens is 328 g/mol. The molecular formula is C20H24N4O2. The minimum absolute atomic E-state index is 0.109. The van der Waals surface area contributed by atoms with E-state index in [4.69, 9.17) is 0 Å². The van der Waals surface area contributed by atoms with Crippen LogP contribution in [0.15, 0.2) is 30.5 Å². The lowest BCUT2D eigenvalue weighted by Gasteiger charge is -2.26. The molecule has 0 spiro atoms. The number of amides is 2. The fraction of sp³-hybridized carbons (Fsp3) is 0.450. The van der Waals surface area contributed by atoms with Crippen LogP contribution in [0, 0.1) is 0 Å². The number of carbonyl (C=O) groups excluding carboxylic acids is 2. The SMILES string of the molecule is CN1C(=O)CCc2cc(C(=O)NCc3ccn(C4CCCC4)n3)ccc21. The Morgan fingerprint density at radius 1 is 1.23 bits per heavy atom. The van der Waals surface area contributed by atoms with Crippen LogP contribution < -0.4 is 10.2 Å². The summed E-state index contributed by atoms with van der Waals surface area (Å²) in [6.07, 6.45) is 8.13. The van der Waals surface area contributed by atoms with Crippen molar-refractivity contribution in [2.45, 2.75) is 51.1 Å². The van der Waals surface area contributed by atoms with Crippen LogP contribution in [0.4, 0.5) is 5.69 Å². The maximum Gasteiger partial charge on any atom is 0.251 e. The van der Waals surface area contributed by atoms with Crippen molar-refractivity contribution in [1.82, 2.24) is 15.1 Å². The standard InChI is InChI=1S/C20H24N4O2/c1-23-18-8-6-15(12-14(18)7-9-19(23)25)20(26)21-13-16-10-11-24(22-16)17-4-2-3-5-17/h6,8,10-12,17H,2-5,7,9,13H2,1H3,(H,21,26). The zero-order chi connectivity index (χ0) is 18.1. The third kappa shape index (κ3) is 3.23. The molecule has 1 aliphatic heterocycles. The van der Waals surface area contributed by atoms with Crippen molar-refractivity contribution in [3.05, 3.63) is 47.3 Å². The molecule has 136 valence electrons. The topological polar surface area (TPSA) is 67.2 Å². The number of hydrogen-bond donors (Lipinski definition) is 1. The maximum atomic E-state index is 12.5. The molecule has 1 aromatic heterocycles. The Balaban J connectivity index is 1.40. The van der Waals surface area contributed by atoms with Gasteiger partial charge in [-0.15, -0.1) is 0 Å². The van der Waals surface area contributed by atoms with Gasteiger partial charge in [0.25, 0.3) is 5.91 Å². The van der Waals surface area contributed by atoms with Crippen LogP contribution in [0.3, 0.4) is 0 Å². The highest BCUT2D eigenvalue weighted by molar-refractivity contribution is 5.98. The number of benzene rings is 1. The van der Waals surface area contributed by atoms with Crippen LogP contribution in [0.5, 0.6) is 0 Å². The summed E-state index contributed by atoms with van der Waals surface area (Å²) in [5.41, 5.74) is 3.45. The molecule has 0 unspecified atom stereocenters. The molecule has 1 N–H and O–H groups in total. The first-order chi connectivity index (χ1) is 12.6. The highest BCUT2D eigenvalue weighted by Gasteiger charge is 2.22. The van der Waals surface area contributed by atoms with Gasteiger partial charge in [-0.2, -0.15) is 5.10 Å². The number of aromatic nitrogens is 2. The molecule has 1 aliphatic carbocycles. The van der Waals surface area contributed by atoms with Crippen LogP contribution in [0.2, 0.25) is 0 Å². The molecule has 0 bridgehead atoms. The van der Waals surface area contributed by atoms with Gasteiger partial charge in [0.05, 0.1) is 18.3 Å². The second-order valence-electron chi connectivity index (χ2n) is 7.20. The van der Waals surface area contributed by atoms with E-state index < -0.39 is 0 Å². The first-order valence-corrected chi connectivity index (χ1v) is 9.33. The summed E-state index contributed by atoms with van der Waals surface area (Å²) >= 11 is 0. The molecule has 6 heteroatoms. The average Bonchev–Trinajstić information content (AvgIpc) is 3.34. The van der Waals surface area contributed by atoms with Crippen molar-refractivity contribution in [1.29, 1.82) is 0 Å². The fourth-order valence-corrected chi connectivity index (χ4v) is 3.91. The van der Waals surface area contributed by atoms with Crippen LogP contribution in [0.25, 0.3) is 0 Å². The third-order valence-corrected chi connectivity index (χ3v) is 5.48. The zero-order valence-corrected chi connectivity index (χ0v) is 15.1. The number of fused-ring (bicyclic) bond motifs is 1. The van der Waals surface area contributed by atoms with E-state index in [1.54, 1.807) is 18.0 Å². The van der Waals surface area contributed by atoms with Gasteiger partial charge in [0.2, 0.25) is 5.91 Å². The molecule has 6 nitrogen and oxygen atoms in total. The Morgan fingerprint density at radius 2 is 2.04 bits per heavy atom. The molecule has 1 fully saturated rings. The van der Waals surface area contributed by atoms with Crippen LogP contribution >= 0.6 is 0 Å². The number of nitrogens with zero attached hydrogens (tertiary/aromatic N) is 3. The summed E-state index contributed by atoms with van der Waals surface area (Å²) in [7, 11) is 1.78. The fourth-order valence-electron chi connectivity index (χ4n) is 3.91. The van der Waals surface area contributed by atoms with Crippen molar-refractivity contribution >= 4 is 17.5 Å². The Bertz CT molecular complexity index is 836. The van der Waals surface area contributed by atoms with Gasteiger partial charge in [-0.05, 0) is 49.1 Å². The summed E-state index contributed by atoms with van der Waals surface area (Å²) < 4.78 is 2.04. The predicted octanol–water partition coefficient (Wildman–Crippen LogP) is 2.84. The number of rotatable bonds is 4. The Kier molecular flexibility index (Phi) is 4.49. The molecule has 2 heterocycles. The molecule has 2 amide bonds. The smallest absolute Gasteiger partial charge is 0.251 e. The molecule has 2 aromatic rings. The summed E-state index contributed by atoms with van der Waals surface area (Å²) in [6.45, 7) is 0.425. The molecule has 0 saturated heterocycles. The zero-order valence-electron chi connectivity index (χ0n) is 15.1. The van der Waals surface area contributed by atoms with Crippen molar-refractivity contribution in [2.24, 2.45) is 0 Å². The monoisotopic (exact) mass is 352 g/mol. The Hall–Kier alpha value is -2.63. The second-order valence-corrected chi connectivity index (χ2v) is 7.20. The van der Waals surface area contributed by atoms with Gasteiger partial charge >= 0.3 is 0 Å². The summed E-state index contributed by atoms with van der Waals surface area (Å²) in [4.78, 5) is 25.9. The van der Waals surface area contributed by atoms with E-state index in [0.29, 0.717) is 31.0 Å². The Labute approximate surface area is 153 Å². The maximum absolute atomic E-state index is 12.5. The number of anilines is 1. The van der Waals surface area contributed by atoms with E-state index in [1.165, 1.54) is 25.7 Å². The van der Waals surface area contributed by atoms with Gasteiger partial charge in [0, 0.05) is 30.9 Å². The normalized spacial score (nSPS) is 17.4. The predicted molar refractivity (Wildman–Crippen MR) is 99.1 cm³/mol. The van der Waals surface area contributed by atoms with E-state index in [1.807, 2.05) is 29.1 Å². The summed E-state index contributed by atoms with van der Waals surface area (Å²) in [5, 5.41) is 7.55. The van der Waals surface area contributed by atoms with Gasteiger partial charge in [-0.3, -0.25) is 14.3 Å². The quantitative estimate of drug-likeness (QED) is 0.920. The number of aryl methyl sites for hydroxylation is 1. The van der Waals surface area contributed by atoms with E-state index in [-0.39, 0.29) is 11.8 Å². The largest absolute Gasteiger partial charge is 0.346 e. The van der Waals surface area contributed by atoms with E-state index in [9.17, 15) is 9.59 Å². The minimum atomic E-state index is -0.109. The van der Waals surface area contributed by atoms with Crippen molar-refractivity contribution < 1.29 is 9.59 Å².